The Bertz CT molecular complexity index is 404. The summed E-state index contributed by atoms with van der Waals surface area (Å²) in [5.41, 5.74) is 1.13. The minimum atomic E-state index is -0.736. The van der Waals surface area contributed by atoms with Gasteiger partial charge in [-0.3, -0.25) is 4.79 Å². The van der Waals surface area contributed by atoms with Crippen LogP contribution in [-0.2, 0) is 11.2 Å². The first-order valence-electron chi connectivity index (χ1n) is 6.61. The van der Waals surface area contributed by atoms with Gasteiger partial charge in [0.2, 0.25) is 0 Å². The van der Waals surface area contributed by atoms with Gasteiger partial charge in [0.15, 0.2) is 0 Å². The van der Waals surface area contributed by atoms with Gasteiger partial charge in [0.1, 0.15) is 5.75 Å². The minimum Gasteiger partial charge on any atom is -0.496 e. The summed E-state index contributed by atoms with van der Waals surface area (Å²) >= 11 is 0. The Balaban J connectivity index is 2.40. The SMILES string of the molecule is COc1ccccc1CCNCC(C(=O)O)C(C)C. The van der Waals surface area contributed by atoms with Gasteiger partial charge in [-0.1, -0.05) is 32.0 Å². The number of carboxylic acid groups (broad SMARTS) is 1. The molecule has 1 atom stereocenters. The number of carboxylic acids is 1. The van der Waals surface area contributed by atoms with Crippen molar-refractivity contribution in [2.75, 3.05) is 20.2 Å². The van der Waals surface area contributed by atoms with Crippen LogP contribution in [0.1, 0.15) is 19.4 Å². The predicted molar refractivity (Wildman–Crippen MR) is 75.5 cm³/mol. The molecule has 1 unspecified atom stereocenters. The highest BCUT2D eigenvalue weighted by molar-refractivity contribution is 5.70. The number of para-hydroxylation sites is 1. The zero-order valence-electron chi connectivity index (χ0n) is 11.8. The molecule has 19 heavy (non-hydrogen) atoms. The topological polar surface area (TPSA) is 58.6 Å². The van der Waals surface area contributed by atoms with Gasteiger partial charge in [-0.05, 0) is 30.5 Å². The Labute approximate surface area is 114 Å². The molecule has 1 aromatic carbocycles. The molecule has 0 amide bonds. The number of ether oxygens (including phenoxy) is 1. The molecule has 0 bridgehead atoms. The van der Waals surface area contributed by atoms with Crippen LogP contribution in [0.25, 0.3) is 0 Å². The molecule has 0 fully saturated rings. The van der Waals surface area contributed by atoms with Gasteiger partial charge in [-0.25, -0.2) is 0 Å². The molecule has 1 rings (SSSR count). The second kappa shape index (κ2) is 7.79. The maximum Gasteiger partial charge on any atom is 0.308 e. The molecule has 0 radical (unpaired) electrons. The zero-order chi connectivity index (χ0) is 14.3. The van der Waals surface area contributed by atoms with Gasteiger partial charge < -0.3 is 15.2 Å². The molecule has 0 heterocycles. The van der Waals surface area contributed by atoms with Crippen LogP contribution in [0.5, 0.6) is 5.75 Å². The van der Waals surface area contributed by atoms with Gasteiger partial charge in [-0.15, -0.1) is 0 Å². The first-order chi connectivity index (χ1) is 9.06. The highest BCUT2D eigenvalue weighted by Crippen LogP contribution is 2.17. The van der Waals surface area contributed by atoms with Crippen LogP contribution in [0.4, 0.5) is 0 Å². The van der Waals surface area contributed by atoms with E-state index < -0.39 is 5.97 Å². The Hall–Kier alpha value is -1.55. The normalized spacial score (nSPS) is 12.4. The molecule has 106 valence electrons. The van der Waals surface area contributed by atoms with E-state index in [0.29, 0.717) is 6.54 Å². The maximum absolute atomic E-state index is 11.0. The van der Waals surface area contributed by atoms with E-state index in [2.05, 4.69) is 5.32 Å². The Kier molecular flexibility index (Phi) is 6.36. The molecule has 0 aliphatic rings. The molecule has 4 nitrogen and oxygen atoms in total. The predicted octanol–water partition coefficient (Wildman–Crippen LogP) is 2.18. The lowest BCUT2D eigenvalue weighted by molar-refractivity contribution is -0.143. The van der Waals surface area contributed by atoms with Gasteiger partial charge in [0.05, 0.1) is 13.0 Å². The monoisotopic (exact) mass is 265 g/mol. The van der Waals surface area contributed by atoms with Gasteiger partial charge in [-0.2, -0.15) is 0 Å². The fraction of sp³-hybridized carbons (Fsp3) is 0.533. The third-order valence-corrected chi connectivity index (χ3v) is 3.25. The molecular formula is C15H23NO3. The van der Waals surface area contributed by atoms with E-state index in [1.165, 1.54) is 0 Å². The molecular weight excluding hydrogens is 242 g/mol. The van der Waals surface area contributed by atoms with Crippen molar-refractivity contribution in [3.63, 3.8) is 0 Å². The fourth-order valence-electron chi connectivity index (χ4n) is 2.00. The molecule has 0 saturated carbocycles. The summed E-state index contributed by atoms with van der Waals surface area (Å²) in [6.07, 6.45) is 0.828. The zero-order valence-corrected chi connectivity index (χ0v) is 11.8. The van der Waals surface area contributed by atoms with Crippen LogP contribution >= 0.6 is 0 Å². The molecule has 0 aliphatic carbocycles. The largest absolute Gasteiger partial charge is 0.496 e. The van der Waals surface area contributed by atoms with Crippen molar-refractivity contribution >= 4 is 5.97 Å². The van der Waals surface area contributed by atoms with Crippen LogP contribution in [0.2, 0.25) is 0 Å². The third kappa shape index (κ3) is 4.91. The summed E-state index contributed by atoms with van der Waals surface area (Å²) < 4.78 is 5.28. The number of hydrogen-bond donors (Lipinski definition) is 2. The van der Waals surface area contributed by atoms with Crippen LogP contribution in [0.3, 0.4) is 0 Å². The van der Waals surface area contributed by atoms with E-state index in [0.717, 1.165) is 24.3 Å². The second-order valence-electron chi connectivity index (χ2n) is 4.95. The Morgan fingerprint density at radius 3 is 2.63 bits per heavy atom. The lowest BCUT2D eigenvalue weighted by Gasteiger charge is -2.17. The summed E-state index contributed by atoms with van der Waals surface area (Å²) in [7, 11) is 1.66. The van der Waals surface area contributed by atoms with Crippen molar-refractivity contribution in [1.29, 1.82) is 0 Å². The van der Waals surface area contributed by atoms with Crippen molar-refractivity contribution in [3.8, 4) is 5.75 Å². The highest BCUT2D eigenvalue weighted by atomic mass is 16.5. The number of aliphatic carboxylic acids is 1. The average Bonchev–Trinajstić information content (AvgIpc) is 2.38. The van der Waals surface area contributed by atoms with Gasteiger partial charge in [0.25, 0.3) is 0 Å². The lowest BCUT2D eigenvalue weighted by atomic mass is 9.96. The van der Waals surface area contributed by atoms with Crippen LogP contribution in [-0.4, -0.2) is 31.3 Å². The van der Waals surface area contributed by atoms with Crippen molar-refractivity contribution in [2.24, 2.45) is 11.8 Å². The van der Waals surface area contributed by atoms with Crippen LogP contribution < -0.4 is 10.1 Å². The quantitative estimate of drug-likeness (QED) is 0.707. The lowest BCUT2D eigenvalue weighted by Crippen LogP contribution is -2.33. The van der Waals surface area contributed by atoms with Crippen molar-refractivity contribution < 1.29 is 14.6 Å². The summed E-state index contributed by atoms with van der Waals surface area (Å²) in [5.74, 6) is -0.0586. The Morgan fingerprint density at radius 1 is 1.37 bits per heavy atom. The summed E-state index contributed by atoms with van der Waals surface area (Å²) in [6.45, 7) is 5.11. The summed E-state index contributed by atoms with van der Waals surface area (Å²) in [5, 5.41) is 12.3. The van der Waals surface area contributed by atoms with Crippen molar-refractivity contribution in [2.45, 2.75) is 20.3 Å². The van der Waals surface area contributed by atoms with E-state index in [9.17, 15) is 4.79 Å². The van der Waals surface area contributed by atoms with Crippen molar-refractivity contribution in [3.05, 3.63) is 29.8 Å². The number of benzene rings is 1. The number of methoxy groups -OCH3 is 1. The summed E-state index contributed by atoms with van der Waals surface area (Å²) in [6, 6.07) is 7.88. The van der Waals surface area contributed by atoms with E-state index >= 15 is 0 Å². The Morgan fingerprint density at radius 2 is 2.05 bits per heavy atom. The molecule has 0 aliphatic heterocycles. The second-order valence-corrected chi connectivity index (χ2v) is 4.95. The van der Waals surface area contributed by atoms with Crippen molar-refractivity contribution in [1.82, 2.24) is 5.32 Å². The van der Waals surface area contributed by atoms with E-state index in [1.807, 2.05) is 38.1 Å². The first kappa shape index (κ1) is 15.5. The highest BCUT2D eigenvalue weighted by Gasteiger charge is 2.20. The molecule has 0 spiro atoms. The smallest absolute Gasteiger partial charge is 0.308 e. The van der Waals surface area contributed by atoms with E-state index in [4.69, 9.17) is 9.84 Å². The van der Waals surface area contributed by atoms with Gasteiger partial charge in [0, 0.05) is 6.54 Å². The van der Waals surface area contributed by atoms with E-state index in [-0.39, 0.29) is 11.8 Å². The maximum atomic E-state index is 11.0. The first-order valence-corrected chi connectivity index (χ1v) is 6.61. The van der Waals surface area contributed by atoms with E-state index in [1.54, 1.807) is 7.11 Å². The molecule has 0 saturated heterocycles. The minimum absolute atomic E-state index is 0.135. The average molecular weight is 265 g/mol. The van der Waals surface area contributed by atoms with Gasteiger partial charge >= 0.3 is 5.97 Å². The standard InChI is InChI=1S/C15H23NO3/c1-11(2)13(15(17)18)10-16-9-8-12-6-4-5-7-14(12)19-3/h4-7,11,13,16H,8-10H2,1-3H3,(H,17,18). The molecule has 1 aromatic rings. The van der Waals surface area contributed by atoms with Crippen LogP contribution in [0.15, 0.2) is 24.3 Å². The number of rotatable bonds is 8. The molecule has 0 aromatic heterocycles. The third-order valence-electron chi connectivity index (χ3n) is 3.25. The number of hydrogen-bond acceptors (Lipinski definition) is 3. The van der Waals surface area contributed by atoms with Crippen LogP contribution in [0, 0.1) is 11.8 Å². The number of carbonyl (C=O) groups is 1. The fourth-order valence-corrected chi connectivity index (χ4v) is 2.00. The molecule has 4 heteroatoms. The number of nitrogens with one attached hydrogen (secondary N) is 1. The summed E-state index contributed by atoms with van der Waals surface area (Å²) in [4.78, 5) is 11.0. The molecule has 2 N–H and O–H groups in total.